The molecule has 162 valence electrons. The monoisotopic (exact) mass is 428 g/mol. The van der Waals surface area contributed by atoms with E-state index < -0.39 is 23.0 Å². The third-order valence-corrected chi connectivity index (χ3v) is 6.08. The first-order chi connectivity index (χ1) is 14.8. The van der Waals surface area contributed by atoms with Crippen molar-refractivity contribution in [3.05, 3.63) is 104 Å². The van der Waals surface area contributed by atoms with Crippen LogP contribution in [0.3, 0.4) is 0 Å². The Kier molecular flexibility index (Phi) is 5.85. The highest BCUT2D eigenvalue weighted by Crippen LogP contribution is 2.40. The smallest absolute Gasteiger partial charge is 0.293 e. The summed E-state index contributed by atoms with van der Waals surface area (Å²) < 4.78 is 40.6. The van der Waals surface area contributed by atoms with E-state index in [1.54, 1.807) is 6.07 Å². The molecule has 1 aliphatic rings. The number of rotatable bonds is 4. The molecule has 4 nitrogen and oxygen atoms in total. The zero-order valence-electron chi connectivity index (χ0n) is 16.9. The summed E-state index contributed by atoms with van der Waals surface area (Å²) in [5.41, 5.74) is 0.414. The number of benzene rings is 2. The van der Waals surface area contributed by atoms with Gasteiger partial charge in [0.15, 0.2) is 0 Å². The van der Waals surface area contributed by atoms with Crippen LogP contribution in [0.25, 0.3) is 0 Å². The van der Waals surface area contributed by atoms with E-state index in [0.717, 1.165) is 37.8 Å². The van der Waals surface area contributed by atoms with Gasteiger partial charge in [-0.3, -0.25) is 14.3 Å². The summed E-state index contributed by atoms with van der Waals surface area (Å²) in [6.07, 6.45) is -0.973. The summed E-state index contributed by atoms with van der Waals surface area (Å²) in [5.74, 6) is 0.448. The molecule has 0 saturated heterocycles. The molecule has 4 rings (SSSR count). The van der Waals surface area contributed by atoms with Crippen LogP contribution >= 0.6 is 0 Å². The maximum atomic E-state index is 13.1. The van der Waals surface area contributed by atoms with Gasteiger partial charge in [-0.1, -0.05) is 42.5 Å². The number of halogens is 3. The van der Waals surface area contributed by atoms with E-state index in [-0.39, 0.29) is 12.5 Å². The van der Waals surface area contributed by atoms with Gasteiger partial charge < -0.3 is 0 Å². The summed E-state index contributed by atoms with van der Waals surface area (Å²) in [4.78, 5) is 26.8. The van der Waals surface area contributed by atoms with Gasteiger partial charge in [-0.15, -0.1) is 0 Å². The maximum Gasteiger partial charge on any atom is 0.416 e. The third kappa shape index (κ3) is 4.81. The average Bonchev–Trinajstić information content (AvgIpc) is 2.76. The van der Waals surface area contributed by atoms with Gasteiger partial charge in [-0.25, -0.2) is 4.79 Å². The van der Waals surface area contributed by atoms with Crippen molar-refractivity contribution in [1.82, 2.24) is 9.55 Å². The summed E-state index contributed by atoms with van der Waals surface area (Å²) >= 11 is 0. The molecule has 1 aromatic heterocycles. The third-order valence-electron chi connectivity index (χ3n) is 6.08. The molecule has 0 atom stereocenters. The highest BCUT2D eigenvalue weighted by atomic mass is 19.4. The zero-order chi connectivity index (χ0) is 22.0. The fourth-order valence-electron chi connectivity index (χ4n) is 4.52. The van der Waals surface area contributed by atoms with Gasteiger partial charge in [0.25, 0.3) is 5.56 Å². The van der Waals surface area contributed by atoms with Crippen molar-refractivity contribution in [3.8, 4) is 0 Å². The number of H-pyrrole nitrogens is 1. The Labute approximate surface area is 177 Å². The molecule has 1 saturated carbocycles. The van der Waals surface area contributed by atoms with Gasteiger partial charge in [0, 0.05) is 11.8 Å². The lowest BCUT2D eigenvalue weighted by molar-refractivity contribution is -0.137. The lowest BCUT2D eigenvalue weighted by Gasteiger charge is -2.30. The van der Waals surface area contributed by atoms with Crippen LogP contribution in [0, 0.1) is 0 Å². The van der Waals surface area contributed by atoms with Crippen LogP contribution in [0.2, 0.25) is 0 Å². The molecule has 0 radical (unpaired) electrons. The molecule has 31 heavy (non-hydrogen) atoms. The number of aromatic amines is 1. The molecule has 0 bridgehead atoms. The van der Waals surface area contributed by atoms with Gasteiger partial charge in [0.05, 0.1) is 12.1 Å². The van der Waals surface area contributed by atoms with Crippen LogP contribution in [0.5, 0.6) is 0 Å². The SMILES string of the molecule is O=c1cc(C2CCC(c3ccccc3)CC2)n(Cc2cccc(C(F)(F)F)c2)c(=O)[nH]1. The van der Waals surface area contributed by atoms with E-state index in [9.17, 15) is 22.8 Å². The minimum atomic E-state index is -4.45. The minimum absolute atomic E-state index is 0.0146. The molecular weight excluding hydrogens is 405 g/mol. The molecule has 1 fully saturated rings. The number of hydrogen-bond acceptors (Lipinski definition) is 2. The highest BCUT2D eigenvalue weighted by Gasteiger charge is 2.30. The van der Waals surface area contributed by atoms with Crippen LogP contribution in [0.1, 0.15) is 59.9 Å². The Morgan fingerprint density at radius 2 is 1.55 bits per heavy atom. The second-order valence-corrected chi connectivity index (χ2v) is 8.11. The number of hydrogen-bond donors (Lipinski definition) is 1. The van der Waals surface area contributed by atoms with Crippen molar-refractivity contribution < 1.29 is 13.2 Å². The summed E-state index contributed by atoms with van der Waals surface area (Å²) in [5, 5.41) is 0. The van der Waals surface area contributed by atoms with Crippen molar-refractivity contribution in [3.63, 3.8) is 0 Å². The molecule has 3 aromatic rings. The molecule has 0 unspecified atom stereocenters. The van der Waals surface area contributed by atoms with Gasteiger partial charge in [-0.05, 0) is 60.8 Å². The molecule has 1 N–H and O–H groups in total. The van der Waals surface area contributed by atoms with Gasteiger partial charge in [0.1, 0.15) is 0 Å². The van der Waals surface area contributed by atoms with Crippen LogP contribution in [0.4, 0.5) is 13.2 Å². The van der Waals surface area contributed by atoms with E-state index in [0.29, 0.717) is 17.2 Å². The second kappa shape index (κ2) is 8.57. The van der Waals surface area contributed by atoms with E-state index in [1.807, 2.05) is 18.2 Å². The van der Waals surface area contributed by atoms with Gasteiger partial charge >= 0.3 is 11.9 Å². The maximum absolute atomic E-state index is 13.1. The zero-order valence-corrected chi connectivity index (χ0v) is 16.9. The molecule has 1 aliphatic carbocycles. The quantitative estimate of drug-likeness (QED) is 0.633. The van der Waals surface area contributed by atoms with E-state index in [2.05, 4.69) is 17.1 Å². The van der Waals surface area contributed by atoms with Gasteiger partial charge in [0.2, 0.25) is 0 Å². The predicted octanol–water partition coefficient (Wildman–Crippen LogP) is 5.05. The first kappa shape index (κ1) is 21.2. The van der Waals surface area contributed by atoms with Crippen molar-refractivity contribution in [2.24, 2.45) is 0 Å². The second-order valence-electron chi connectivity index (χ2n) is 8.11. The largest absolute Gasteiger partial charge is 0.416 e. The lowest BCUT2D eigenvalue weighted by atomic mass is 9.77. The predicted molar refractivity (Wildman–Crippen MR) is 112 cm³/mol. The van der Waals surface area contributed by atoms with Crippen LogP contribution in [-0.4, -0.2) is 9.55 Å². The number of nitrogens with one attached hydrogen (secondary N) is 1. The topological polar surface area (TPSA) is 54.9 Å². The standard InChI is InChI=1S/C24H23F3N2O2/c25-24(26,27)20-8-4-5-16(13-20)15-29-21(14-22(30)28-23(29)31)19-11-9-18(10-12-19)17-6-2-1-3-7-17/h1-8,13-14,18-19H,9-12,15H2,(H,28,30,31). The summed E-state index contributed by atoms with van der Waals surface area (Å²) in [6, 6.07) is 16.6. The number of nitrogens with zero attached hydrogens (tertiary/aromatic N) is 1. The fraction of sp³-hybridized carbons (Fsp3) is 0.333. The van der Waals surface area contributed by atoms with E-state index >= 15 is 0 Å². The molecule has 0 spiro atoms. The Morgan fingerprint density at radius 1 is 0.871 bits per heavy atom. The normalized spacial score (nSPS) is 19.3. The Hall–Kier alpha value is -3.09. The summed E-state index contributed by atoms with van der Waals surface area (Å²) in [7, 11) is 0. The van der Waals surface area contributed by atoms with Gasteiger partial charge in [-0.2, -0.15) is 13.2 Å². The highest BCUT2D eigenvalue weighted by molar-refractivity contribution is 5.27. The van der Waals surface area contributed by atoms with E-state index in [4.69, 9.17) is 0 Å². The first-order valence-corrected chi connectivity index (χ1v) is 10.4. The van der Waals surface area contributed by atoms with Crippen molar-refractivity contribution >= 4 is 0 Å². The molecule has 2 aromatic carbocycles. The molecule has 7 heteroatoms. The molecule has 0 aliphatic heterocycles. The first-order valence-electron chi connectivity index (χ1n) is 10.4. The van der Waals surface area contributed by atoms with Crippen molar-refractivity contribution in [2.45, 2.75) is 50.2 Å². The minimum Gasteiger partial charge on any atom is -0.293 e. The number of aromatic nitrogens is 2. The molecular formula is C24H23F3N2O2. The van der Waals surface area contributed by atoms with Crippen LogP contribution in [-0.2, 0) is 12.7 Å². The Morgan fingerprint density at radius 3 is 2.23 bits per heavy atom. The Balaban J connectivity index is 1.60. The molecule has 0 amide bonds. The summed E-state index contributed by atoms with van der Waals surface area (Å²) in [6.45, 7) is -0.0204. The molecule has 1 heterocycles. The lowest BCUT2D eigenvalue weighted by Crippen LogP contribution is -2.34. The van der Waals surface area contributed by atoms with E-state index in [1.165, 1.54) is 22.3 Å². The van der Waals surface area contributed by atoms with Crippen molar-refractivity contribution in [2.75, 3.05) is 0 Å². The fourth-order valence-corrected chi connectivity index (χ4v) is 4.52. The van der Waals surface area contributed by atoms with Crippen LogP contribution in [0.15, 0.2) is 70.3 Å². The van der Waals surface area contributed by atoms with Crippen molar-refractivity contribution in [1.29, 1.82) is 0 Å². The van der Waals surface area contributed by atoms with Crippen LogP contribution < -0.4 is 11.2 Å². The number of alkyl halides is 3. The Bertz CT molecular complexity index is 1160. The average molecular weight is 428 g/mol.